The summed E-state index contributed by atoms with van der Waals surface area (Å²) in [6.07, 6.45) is 2.16. The van der Waals surface area contributed by atoms with Crippen LogP contribution < -0.4 is 5.30 Å². The molecular weight excluding hydrogens is 179 g/mol. The standard InChI is InChI=1S/C11H13OP/c1-3-10-13(12,4-2)11-8-6-5-7-9-11/h3-9H,1-2,10H2. The first-order valence-corrected chi connectivity index (χ1v) is 6.08. The molecule has 13 heavy (non-hydrogen) atoms. The van der Waals surface area contributed by atoms with Crippen molar-refractivity contribution in [3.05, 3.63) is 55.4 Å². The smallest absolute Gasteiger partial charge is 0.139 e. The first-order valence-electron chi connectivity index (χ1n) is 4.12. The molecule has 1 unspecified atom stereocenters. The van der Waals surface area contributed by atoms with Gasteiger partial charge in [0.15, 0.2) is 0 Å². The lowest BCUT2D eigenvalue weighted by atomic mass is 10.4. The summed E-state index contributed by atoms with van der Waals surface area (Å²) < 4.78 is 12.2. The van der Waals surface area contributed by atoms with Crippen molar-refractivity contribution in [3.63, 3.8) is 0 Å². The molecule has 1 aromatic carbocycles. The van der Waals surface area contributed by atoms with Gasteiger partial charge in [0.1, 0.15) is 7.14 Å². The van der Waals surface area contributed by atoms with E-state index in [-0.39, 0.29) is 0 Å². The van der Waals surface area contributed by atoms with Gasteiger partial charge in [-0.1, -0.05) is 43.0 Å². The number of benzene rings is 1. The van der Waals surface area contributed by atoms with Gasteiger partial charge in [-0.2, -0.15) is 0 Å². The van der Waals surface area contributed by atoms with Crippen LogP contribution >= 0.6 is 7.14 Å². The van der Waals surface area contributed by atoms with E-state index in [1.165, 1.54) is 0 Å². The summed E-state index contributed by atoms with van der Waals surface area (Å²) in [4.78, 5) is 0. The van der Waals surface area contributed by atoms with Crippen molar-refractivity contribution in [2.24, 2.45) is 0 Å². The Labute approximate surface area is 79.2 Å². The van der Waals surface area contributed by atoms with Crippen molar-refractivity contribution < 1.29 is 4.57 Å². The minimum Gasteiger partial charge on any atom is -0.314 e. The Bertz CT molecular complexity index is 340. The molecule has 0 saturated carbocycles. The molecule has 0 N–H and O–H groups in total. The van der Waals surface area contributed by atoms with Crippen molar-refractivity contribution in [1.29, 1.82) is 0 Å². The monoisotopic (exact) mass is 192 g/mol. The van der Waals surface area contributed by atoms with Gasteiger partial charge >= 0.3 is 0 Å². The van der Waals surface area contributed by atoms with E-state index in [1.807, 2.05) is 30.3 Å². The van der Waals surface area contributed by atoms with Gasteiger partial charge in [0.25, 0.3) is 0 Å². The van der Waals surface area contributed by atoms with Crippen molar-refractivity contribution in [2.75, 3.05) is 6.16 Å². The number of hydrogen-bond donors (Lipinski definition) is 0. The molecule has 0 aliphatic heterocycles. The van der Waals surface area contributed by atoms with Crippen LogP contribution in [-0.4, -0.2) is 6.16 Å². The highest BCUT2D eigenvalue weighted by Crippen LogP contribution is 2.45. The number of hydrogen-bond acceptors (Lipinski definition) is 1. The third kappa shape index (κ3) is 2.19. The van der Waals surface area contributed by atoms with E-state index in [1.54, 1.807) is 11.9 Å². The van der Waals surface area contributed by atoms with Crippen LogP contribution in [-0.2, 0) is 4.57 Å². The minimum absolute atomic E-state index is 0.487. The molecule has 1 atom stereocenters. The first-order chi connectivity index (χ1) is 6.23. The van der Waals surface area contributed by atoms with Crippen LogP contribution in [0.3, 0.4) is 0 Å². The second-order valence-corrected chi connectivity index (χ2v) is 5.62. The maximum absolute atomic E-state index is 12.2. The summed E-state index contributed by atoms with van der Waals surface area (Å²) in [7, 11) is -2.41. The maximum atomic E-state index is 12.2. The van der Waals surface area contributed by atoms with Crippen molar-refractivity contribution in [2.45, 2.75) is 0 Å². The molecule has 0 spiro atoms. The van der Waals surface area contributed by atoms with Gasteiger partial charge in [0.2, 0.25) is 0 Å². The molecule has 1 nitrogen and oxygen atoms in total. The number of rotatable bonds is 4. The van der Waals surface area contributed by atoms with E-state index >= 15 is 0 Å². The summed E-state index contributed by atoms with van der Waals surface area (Å²) in [5.74, 6) is 1.55. The lowest BCUT2D eigenvalue weighted by Gasteiger charge is -2.11. The largest absolute Gasteiger partial charge is 0.314 e. The van der Waals surface area contributed by atoms with E-state index in [0.717, 1.165) is 5.30 Å². The highest BCUT2D eigenvalue weighted by Gasteiger charge is 2.17. The van der Waals surface area contributed by atoms with E-state index in [4.69, 9.17) is 0 Å². The summed E-state index contributed by atoms with van der Waals surface area (Å²) in [6, 6.07) is 9.41. The average Bonchev–Trinajstić information content (AvgIpc) is 2.19. The van der Waals surface area contributed by atoms with Gasteiger partial charge in [0.05, 0.1) is 0 Å². The van der Waals surface area contributed by atoms with Crippen LogP contribution in [0.4, 0.5) is 0 Å². The summed E-state index contributed by atoms with van der Waals surface area (Å²) in [6.45, 7) is 7.22. The molecule has 0 aliphatic rings. The Balaban J connectivity index is 3.10. The SMILES string of the molecule is C=CCP(=O)(C=C)c1ccccc1. The van der Waals surface area contributed by atoms with E-state index in [9.17, 15) is 4.57 Å². The Morgan fingerprint density at radius 1 is 1.23 bits per heavy atom. The first kappa shape index (κ1) is 10.0. The zero-order valence-electron chi connectivity index (χ0n) is 7.52. The van der Waals surface area contributed by atoms with Crippen molar-refractivity contribution in [3.8, 4) is 0 Å². The lowest BCUT2D eigenvalue weighted by molar-refractivity contribution is 0.588. The number of allylic oxidation sites excluding steroid dienone is 1. The summed E-state index contributed by atoms with van der Waals surface area (Å²) in [5, 5.41) is 0.852. The summed E-state index contributed by atoms with van der Waals surface area (Å²) in [5.41, 5.74) is 0. The fourth-order valence-corrected chi connectivity index (χ4v) is 2.79. The fourth-order valence-electron chi connectivity index (χ4n) is 1.16. The molecule has 0 fully saturated rings. The fraction of sp³-hybridized carbons (Fsp3) is 0.0909. The normalized spacial score (nSPS) is 14.5. The predicted molar refractivity (Wildman–Crippen MR) is 58.9 cm³/mol. The van der Waals surface area contributed by atoms with Crippen molar-refractivity contribution in [1.82, 2.24) is 0 Å². The second-order valence-electron chi connectivity index (χ2n) is 2.78. The predicted octanol–water partition coefficient (Wildman–Crippen LogP) is 3.00. The van der Waals surface area contributed by atoms with Gasteiger partial charge in [-0.15, -0.1) is 6.58 Å². The van der Waals surface area contributed by atoms with Crippen LogP contribution in [0.25, 0.3) is 0 Å². The second kappa shape index (κ2) is 4.25. The van der Waals surface area contributed by atoms with Gasteiger partial charge < -0.3 is 4.57 Å². The van der Waals surface area contributed by atoms with Gasteiger partial charge in [-0.25, -0.2) is 0 Å². The van der Waals surface area contributed by atoms with Gasteiger partial charge in [-0.05, 0) is 5.82 Å². The molecule has 0 amide bonds. The minimum atomic E-state index is -2.41. The van der Waals surface area contributed by atoms with Crippen LogP contribution in [0, 0.1) is 0 Å². The third-order valence-electron chi connectivity index (χ3n) is 1.89. The van der Waals surface area contributed by atoms with Crippen molar-refractivity contribution >= 4 is 12.4 Å². The zero-order chi connectivity index (χ0) is 9.73. The lowest BCUT2D eigenvalue weighted by Crippen LogP contribution is -2.03. The average molecular weight is 192 g/mol. The quantitative estimate of drug-likeness (QED) is 0.529. The Morgan fingerprint density at radius 3 is 2.31 bits per heavy atom. The molecular formula is C11H13OP. The molecule has 0 aromatic heterocycles. The molecule has 1 rings (SSSR count). The zero-order valence-corrected chi connectivity index (χ0v) is 8.41. The Hall–Kier alpha value is -1.07. The van der Waals surface area contributed by atoms with E-state index in [0.29, 0.717) is 6.16 Å². The molecule has 0 aliphatic carbocycles. The van der Waals surface area contributed by atoms with E-state index in [2.05, 4.69) is 13.2 Å². The molecule has 2 heteroatoms. The van der Waals surface area contributed by atoms with Gasteiger partial charge in [0, 0.05) is 11.5 Å². The topological polar surface area (TPSA) is 17.1 Å². The highest BCUT2D eigenvalue weighted by molar-refractivity contribution is 7.74. The molecule has 0 bridgehead atoms. The molecule has 0 radical (unpaired) electrons. The summed E-state index contributed by atoms with van der Waals surface area (Å²) >= 11 is 0. The molecule has 68 valence electrons. The molecule has 1 aromatic rings. The van der Waals surface area contributed by atoms with Crippen LogP contribution in [0.1, 0.15) is 0 Å². The van der Waals surface area contributed by atoms with Gasteiger partial charge in [-0.3, -0.25) is 0 Å². The van der Waals surface area contributed by atoms with Crippen LogP contribution in [0.5, 0.6) is 0 Å². The Morgan fingerprint density at radius 2 is 1.85 bits per heavy atom. The van der Waals surface area contributed by atoms with Crippen LogP contribution in [0.15, 0.2) is 55.4 Å². The third-order valence-corrected chi connectivity index (χ3v) is 4.45. The van der Waals surface area contributed by atoms with Crippen LogP contribution in [0.2, 0.25) is 0 Å². The Kier molecular flexibility index (Phi) is 3.27. The maximum Gasteiger partial charge on any atom is 0.139 e. The highest BCUT2D eigenvalue weighted by atomic mass is 31.2. The molecule has 0 heterocycles. The molecule has 0 saturated heterocycles. The van der Waals surface area contributed by atoms with E-state index < -0.39 is 7.14 Å².